The first kappa shape index (κ1) is 11.0. The number of hydrogen-bond acceptors (Lipinski definition) is 1. The van der Waals surface area contributed by atoms with Gasteiger partial charge in [0.25, 0.3) is 0 Å². The first-order valence-corrected chi connectivity index (χ1v) is 5.55. The largest absolute Gasteiger partial charge is 0.330 e. The number of rotatable bonds is 4. The van der Waals surface area contributed by atoms with Crippen molar-refractivity contribution in [2.45, 2.75) is 19.3 Å². The molecule has 0 aliphatic heterocycles. The molecule has 2 N–H and O–H groups in total. The van der Waals surface area contributed by atoms with Gasteiger partial charge in [-0.3, -0.25) is 0 Å². The Kier molecular flexibility index (Phi) is 4.78. The van der Waals surface area contributed by atoms with Crippen molar-refractivity contribution in [2.24, 2.45) is 5.73 Å². The Balaban J connectivity index is 2.61. The Morgan fingerprint density at radius 2 is 2.08 bits per heavy atom. The lowest BCUT2D eigenvalue weighted by molar-refractivity contribution is 0.743. The lowest BCUT2D eigenvalue weighted by Gasteiger charge is -2.04. The van der Waals surface area contributed by atoms with Crippen LogP contribution in [0, 0.1) is 0 Å². The van der Waals surface area contributed by atoms with Gasteiger partial charge < -0.3 is 5.73 Å². The molecule has 72 valence electrons. The van der Waals surface area contributed by atoms with Crippen molar-refractivity contribution in [3.05, 3.63) is 33.3 Å². The molecule has 0 saturated heterocycles. The van der Waals surface area contributed by atoms with Crippen molar-refractivity contribution in [1.29, 1.82) is 0 Å². The fraction of sp³-hybridized carbons (Fsp3) is 0.400. The molecule has 0 heterocycles. The maximum Gasteiger partial charge on any atom is 0.0550 e. The van der Waals surface area contributed by atoms with Crippen molar-refractivity contribution in [2.75, 3.05) is 6.54 Å². The fourth-order valence-electron chi connectivity index (χ4n) is 1.20. The fourth-order valence-corrected chi connectivity index (χ4v) is 1.86. The third-order valence-corrected chi connectivity index (χ3v) is 3.41. The molecule has 13 heavy (non-hydrogen) atoms. The Bertz CT molecular complexity index is 276. The van der Waals surface area contributed by atoms with Gasteiger partial charge in [-0.1, -0.05) is 23.7 Å². The summed E-state index contributed by atoms with van der Waals surface area (Å²) in [6.45, 7) is 0.762. The van der Waals surface area contributed by atoms with E-state index in [2.05, 4.69) is 22.0 Å². The third-order valence-electron chi connectivity index (χ3n) is 1.93. The van der Waals surface area contributed by atoms with Crippen LogP contribution in [-0.4, -0.2) is 6.54 Å². The van der Waals surface area contributed by atoms with Crippen LogP contribution >= 0.6 is 27.5 Å². The second-order valence-electron chi connectivity index (χ2n) is 2.96. The quantitative estimate of drug-likeness (QED) is 0.827. The van der Waals surface area contributed by atoms with Crippen LogP contribution < -0.4 is 5.73 Å². The summed E-state index contributed by atoms with van der Waals surface area (Å²) in [7, 11) is 0. The maximum atomic E-state index is 5.96. The summed E-state index contributed by atoms with van der Waals surface area (Å²) < 4.78 is 1.02. The highest BCUT2D eigenvalue weighted by Crippen LogP contribution is 2.26. The third kappa shape index (κ3) is 3.29. The van der Waals surface area contributed by atoms with Gasteiger partial charge in [0.05, 0.1) is 5.02 Å². The van der Waals surface area contributed by atoms with E-state index in [1.54, 1.807) is 0 Å². The van der Waals surface area contributed by atoms with Gasteiger partial charge in [0.15, 0.2) is 0 Å². The van der Waals surface area contributed by atoms with Crippen molar-refractivity contribution in [3.63, 3.8) is 0 Å². The topological polar surface area (TPSA) is 26.0 Å². The Morgan fingerprint density at radius 3 is 2.77 bits per heavy atom. The lowest BCUT2D eigenvalue weighted by Crippen LogP contribution is -1.99. The van der Waals surface area contributed by atoms with Crippen LogP contribution in [0.3, 0.4) is 0 Å². The van der Waals surface area contributed by atoms with Crippen LogP contribution in [0.1, 0.15) is 18.4 Å². The molecule has 0 spiro atoms. The van der Waals surface area contributed by atoms with Gasteiger partial charge in [-0.15, -0.1) is 0 Å². The molecule has 0 saturated carbocycles. The molecule has 0 unspecified atom stereocenters. The van der Waals surface area contributed by atoms with Crippen molar-refractivity contribution in [1.82, 2.24) is 0 Å². The lowest BCUT2D eigenvalue weighted by atomic mass is 10.1. The van der Waals surface area contributed by atoms with Crippen molar-refractivity contribution < 1.29 is 0 Å². The number of aryl methyl sites for hydroxylation is 1. The highest BCUT2D eigenvalue weighted by atomic mass is 79.9. The highest BCUT2D eigenvalue weighted by Gasteiger charge is 2.02. The minimum atomic E-state index is 0.762. The molecule has 0 aliphatic rings. The highest BCUT2D eigenvalue weighted by molar-refractivity contribution is 9.10. The zero-order chi connectivity index (χ0) is 9.68. The first-order valence-electron chi connectivity index (χ1n) is 4.38. The molecule has 0 radical (unpaired) electrons. The SMILES string of the molecule is NCCCCc1cccc(Cl)c1Br. The van der Waals surface area contributed by atoms with E-state index in [0.29, 0.717) is 0 Å². The average molecular weight is 263 g/mol. The molecule has 0 aromatic heterocycles. The molecule has 0 atom stereocenters. The predicted octanol–water partition coefficient (Wildman–Crippen LogP) is 3.38. The number of nitrogens with two attached hydrogens (primary N) is 1. The minimum absolute atomic E-state index is 0.762. The number of hydrogen-bond donors (Lipinski definition) is 1. The van der Waals surface area contributed by atoms with Crippen LogP contribution in [0.5, 0.6) is 0 Å². The smallest absolute Gasteiger partial charge is 0.0550 e. The molecule has 1 nitrogen and oxygen atoms in total. The van der Waals surface area contributed by atoms with E-state index in [4.69, 9.17) is 17.3 Å². The maximum absolute atomic E-state index is 5.96. The van der Waals surface area contributed by atoms with Gasteiger partial charge >= 0.3 is 0 Å². The molecule has 1 aromatic rings. The Morgan fingerprint density at radius 1 is 1.31 bits per heavy atom. The Hall–Kier alpha value is -0.0500. The number of benzene rings is 1. The molecule has 0 amide bonds. The molecule has 0 fully saturated rings. The normalized spacial score (nSPS) is 10.4. The summed E-state index contributed by atoms with van der Waals surface area (Å²) in [5, 5.41) is 0.783. The van der Waals surface area contributed by atoms with Crippen LogP contribution in [0.4, 0.5) is 0 Å². The van der Waals surface area contributed by atoms with Gasteiger partial charge in [-0.25, -0.2) is 0 Å². The molecular weight excluding hydrogens is 249 g/mol. The molecule has 1 rings (SSSR count). The van der Waals surface area contributed by atoms with Gasteiger partial charge in [0.2, 0.25) is 0 Å². The van der Waals surface area contributed by atoms with Crippen molar-refractivity contribution in [3.8, 4) is 0 Å². The zero-order valence-electron chi connectivity index (χ0n) is 7.39. The van der Waals surface area contributed by atoms with E-state index in [1.165, 1.54) is 5.56 Å². The van der Waals surface area contributed by atoms with E-state index >= 15 is 0 Å². The van der Waals surface area contributed by atoms with Gasteiger partial charge in [0.1, 0.15) is 0 Å². The standard InChI is InChI=1S/C10H13BrClN/c11-10-8(4-1-2-7-13)5-3-6-9(10)12/h3,5-6H,1-2,4,7,13H2. The van der Waals surface area contributed by atoms with Crippen LogP contribution in [0.25, 0.3) is 0 Å². The summed E-state index contributed by atoms with van der Waals surface area (Å²) >= 11 is 9.42. The van der Waals surface area contributed by atoms with E-state index in [-0.39, 0.29) is 0 Å². The predicted molar refractivity (Wildman–Crippen MR) is 61.1 cm³/mol. The average Bonchev–Trinajstić information content (AvgIpc) is 2.13. The van der Waals surface area contributed by atoms with Gasteiger partial charge in [-0.2, -0.15) is 0 Å². The van der Waals surface area contributed by atoms with Crippen LogP contribution in [0.2, 0.25) is 5.02 Å². The summed E-state index contributed by atoms with van der Waals surface area (Å²) in [5.74, 6) is 0. The molecule has 3 heteroatoms. The van der Waals surface area contributed by atoms with Crippen LogP contribution in [-0.2, 0) is 6.42 Å². The minimum Gasteiger partial charge on any atom is -0.330 e. The first-order chi connectivity index (χ1) is 6.25. The summed E-state index contributed by atoms with van der Waals surface area (Å²) in [6, 6.07) is 5.95. The van der Waals surface area contributed by atoms with Crippen molar-refractivity contribution >= 4 is 27.5 Å². The molecule has 0 aliphatic carbocycles. The monoisotopic (exact) mass is 261 g/mol. The Labute approximate surface area is 92.4 Å². The number of unbranched alkanes of at least 4 members (excludes halogenated alkanes) is 1. The van der Waals surface area contributed by atoms with Gasteiger partial charge in [0, 0.05) is 4.47 Å². The second-order valence-corrected chi connectivity index (χ2v) is 4.16. The molecule has 0 bridgehead atoms. The second kappa shape index (κ2) is 5.63. The van der Waals surface area contributed by atoms with E-state index in [0.717, 1.165) is 35.3 Å². The molecule has 1 aromatic carbocycles. The van der Waals surface area contributed by atoms with E-state index in [9.17, 15) is 0 Å². The zero-order valence-corrected chi connectivity index (χ0v) is 9.74. The van der Waals surface area contributed by atoms with Crippen LogP contribution in [0.15, 0.2) is 22.7 Å². The van der Waals surface area contributed by atoms with Gasteiger partial charge in [-0.05, 0) is 53.4 Å². The summed E-state index contributed by atoms with van der Waals surface area (Å²) in [5.41, 5.74) is 6.69. The summed E-state index contributed by atoms with van der Waals surface area (Å²) in [6.07, 6.45) is 3.23. The molecular formula is C10H13BrClN. The number of halogens is 2. The summed E-state index contributed by atoms with van der Waals surface area (Å²) in [4.78, 5) is 0. The van der Waals surface area contributed by atoms with E-state index in [1.807, 2.05) is 12.1 Å². The van der Waals surface area contributed by atoms with E-state index < -0.39 is 0 Å².